The number of nitrogens with zero attached hydrogens (tertiary/aromatic N) is 3. The lowest BCUT2D eigenvalue weighted by Gasteiger charge is -2.35. The van der Waals surface area contributed by atoms with Crippen molar-refractivity contribution < 1.29 is 0 Å². The Labute approximate surface area is 133 Å². The first kappa shape index (κ1) is 16.9. The van der Waals surface area contributed by atoms with Crippen molar-refractivity contribution in [3.8, 4) is 0 Å². The molecule has 0 aliphatic carbocycles. The van der Waals surface area contributed by atoms with Crippen LogP contribution in [0.2, 0.25) is 0 Å². The number of likely N-dealkylation sites (N-methyl/N-ethyl adjacent to an activating group) is 2. The molecule has 0 amide bonds. The summed E-state index contributed by atoms with van der Waals surface area (Å²) in [6.07, 6.45) is 3.48. The fourth-order valence-corrected chi connectivity index (χ4v) is 3.77. The molecule has 2 unspecified atom stereocenters. The molecule has 2 heterocycles. The monoisotopic (exact) mass is 310 g/mol. The number of rotatable bonds is 6. The molecule has 1 saturated heterocycles. The van der Waals surface area contributed by atoms with E-state index in [-0.39, 0.29) is 0 Å². The van der Waals surface area contributed by atoms with Crippen LogP contribution < -0.4 is 5.32 Å². The van der Waals surface area contributed by atoms with Crippen molar-refractivity contribution >= 4 is 11.3 Å². The average Bonchev–Trinajstić information content (AvgIpc) is 2.78. The van der Waals surface area contributed by atoms with E-state index in [2.05, 4.69) is 53.4 Å². The van der Waals surface area contributed by atoms with Gasteiger partial charge in [-0.15, -0.1) is 11.3 Å². The second-order valence-electron chi connectivity index (χ2n) is 6.29. The van der Waals surface area contributed by atoms with Crippen molar-refractivity contribution in [2.75, 3.05) is 40.3 Å². The molecule has 0 radical (unpaired) electrons. The maximum Gasteiger partial charge on any atom is 0.0897 e. The summed E-state index contributed by atoms with van der Waals surface area (Å²) >= 11 is 1.76. The number of thiazole rings is 1. The van der Waals surface area contributed by atoms with Gasteiger partial charge in [-0.2, -0.15) is 0 Å². The highest BCUT2D eigenvalue weighted by molar-refractivity contribution is 7.09. The SMILES string of the molecule is CCCNC(Cc1csc(C)n1)C1CN(C)CCCN1C. The molecule has 1 N–H and O–H groups in total. The van der Waals surface area contributed by atoms with E-state index in [4.69, 9.17) is 0 Å². The third kappa shape index (κ3) is 5.02. The highest BCUT2D eigenvalue weighted by atomic mass is 32.1. The lowest BCUT2D eigenvalue weighted by molar-refractivity contribution is 0.176. The molecule has 1 fully saturated rings. The smallest absolute Gasteiger partial charge is 0.0897 e. The van der Waals surface area contributed by atoms with Crippen LogP contribution in [0.25, 0.3) is 0 Å². The van der Waals surface area contributed by atoms with Gasteiger partial charge >= 0.3 is 0 Å². The molecule has 4 nitrogen and oxygen atoms in total. The van der Waals surface area contributed by atoms with E-state index in [0.29, 0.717) is 12.1 Å². The quantitative estimate of drug-likeness (QED) is 0.871. The molecular weight excluding hydrogens is 280 g/mol. The van der Waals surface area contributed by atoms with Gasteiger partial charge in [-0.3, -0.25) is 0 Å². The van der Waals surface area contributed by atoms with E-state index in [9.17, 15) is 0 Å². The Morgan fingerprint density at radius 2 is 2.24 bits per heavy atom. The Morgan fingerprint density at radius 3 is 2.90 bits per heavy atom. The first-order valence-corrected chi connectivity index (χ1v) is 9.01. The molecule has 2 rings (SSSR count). The van der Waals surface area contributed by atoms with Crippen LogP contribution in [-0.2, 0) is 6.42 Å². The van der Waals surface area contributed by atoms with Crippen LogP contribution in [0, 0.1) is 6.92 Å². The molecule has 1 aromatic rings. The van der Waals surface area contributed by atoms with Gasteiger partial charge in [0.25, 0.3) is 0 Å². The maximum atomic E-state index is 4.67. The summed E-state index contributed by atoms with van der Waals surface area (Å²) in [7, 11) is 4.52. The number of hydrogen-bond donors (Lipinski definition) is 1. The lowest BCUT2D eigenvalue weighted by Crippen LogP contribution is -2.53. The van der Waals surface area contributed by atoms with E-state index in [0.717, 1.165) is 19.5 Å². The van der Waals surface area contributed by atoms with Crippen molar-refractivity contribution in [2.45, 2.75) is 45.2 Å². The number of aromatic nitrogens is 1. The van der Waals surface area contributed by atoms with E-state index in [1.54, 1.807) is 11.3 Å². The third-order valence-corrected chi connectivity index (χ3v) is 5.15. The molecule has 0 saturated carbocycles. The van der Waals surface area contributed by atoms with Crippen molar-refractivity contribution in [3.05, 3.63) is 16.1 Å². The molecule has 1 aliphatic heterocycles. The van der Waals surface area contributed by atoms with Gasteiger partial charge < -0.3 is 15.1 Å². The van der Waals surface area contributed by atoms with Gasteiger partial charge in [0, 0.05) is 30.4 Å². The molecule has 0 aromatic carbocycles. The second kappa shape index (κ2) is 8.22. The molecular formula is C16H30N4S. The summed E-state index contributed by atoms with van der Waals surface area (Å²) in [6, 6.07) is 1.04. The summed E-state index contributed by atoms with van der Waals surface area (Å²) in [4.78, 5) is 9.68. The maximum absolute atomic E-state index is 4.67. The molecule has 2 atom stereocenters. The van der Waals surface area contributed by atoms with E-state index in [1.807, 2.05) is 0 Å². The van der Waals surface area contributed by atoms with Crippen LogP contribution in [0.15, 0.2) is 5.38 Å². The van der Waals surface area contributed by atoms with Gasteiger partial charge in [-0.25, -0.2) is 4.98 Å². The van der Waals surface area contributed by atoms with Crippen molar-refractivity contribution in [3.63, 3.8) is 0 Å². The van der Waals surface area contributed by atoms with Crippen LogP contribution in [0.1, 0.15) is 30.5 Å². The zero-order valence-corrected chi connectivity index (χ0v) is 14.7. The summed E-state index contributed by atoms with van der Waals surface area (Å²) in [6.45, 7) is 8.95. The Balaban J connectivity index is 2.08. The van der Waals surface area contributed by atoms with Crippen LogP contribution >= 0.6 is 11.3 Å². The number of hydrogen-bond acceptors (Lipinski definition) is 5. The minimum atomic E-state index is 0.483. The molecule has 0 spiro atoms. The van der Waals surface area contributed by atoms with Crippen molar-refractivity contribution in [1.29, 1.82) is 0 Å². The fourth-order valence-electron chi connectivity index (χ4n) is 3.14. The highest BCUT2D eigenvalue weighted by Gasteiger charge is 2.28. The molecule has 5 heteroatoms. The Kier molecular flexibility index (Phi) is 6.61. The summed E-state index contributed by atoms with van der Waals surface area (Å²) in [5, 5.41) is 7.16. The van der Waals surface area contributed by atoms with Crippen molar-refractivity contribution in [1.82, 2.24) is 20.1 Å². The largest absolute Gasteiger partial charge is 0.312 e. The van der Waals surface area contributed by atoms with E-state index in [1.165, 1.54) is 36.6 Å². The van der Waals surface area contributed by atoms with Gasteiger partial charge in [0.1, 0.15) is 0 Å². The summed E-state index contributed by atoms with van der Waals surface area (Å²) < 4.78 is 0. The normalized spacial score (nSPS) is 23.1. The Bertz CT molecular complexity index is 420. The number of aryl methyl sites for hydroxylation is 1. The van der Waals surface area contributed by atoms with Crippen LogP contribution in [-0.4, -0.2) is 67.1 Å². The lowest BCUT2D eigenvalue weighted by atomic mass is 10.0. The summed E-state index contributed by atoms with van der Waals surface area (Å²) in [5.74, 6) is 0. The van der Waals surface area contributed by atoms with Gasteiger partial charge in [0.15, 0.2) is 0 Å². The van der Waals surface area contributed by atoms with Gasteiger partial charge in [0.05, 0.1) is 10.7 Å². The fraction of sp³-hybridized carbons (Fsp3) is 0.812. The van der Waals surface area contributed by atoms with Crippen molar-refractivity contribution in [2.24, 2.45) is 0 Å². The second-order valence-corrected chi connectivity index (χ2v) is 7.35. The predicted octanol–water partition coefficient (Wildman–Crippen LogP) is 2.00. The zero-order chi connectivity index (χ0) is 15.2. The molecule has 1 aromatic heterocycles. The van der Waals surface area contributed by atoms with Gasteiger partial charge in [-0.1, -0.05) is 6.92 Å². The van der Waals surface area contributed by atoms with Gasteiger partial charge in [-0.05, 0) is 53.5 Å². The van der Waals surface area contributed by atoms with Crippen LogP contribution in [0.5, 0.6) is 0 Å². The topological polar surface area (TPSA) is 31.4 Å². The third-order valence-electron chi connectivity index (χ3n) is 4.33. The Morgan fingerprint density at radius 1 is 1.43 bits per heavy atom. The van der Waals surface area contributed by atoms with Crippen LogP contribution in [0.4, 0.5) is 0 Å². The molecule has 0 bridgehead atoms. The van der Waals surface area contributed by atoms with Crippen LogP contribution in [0.3, 0.4) is 0 Å². The summed E-state index contributed by atoms with van der Waals surface area (Å²) in [5.41, 5.74) is 1.24. The molecule has 21 heavy (non-hydrogen) atoms. The standard InChI is InChI=1S/C16H30N4S/c1-5-7-17-15(10-14-12-21-13(2)18-14)16-11-19(3)8-6-9-20(16)4/h12,15-17H,5-11H2,1-4H3. The first-order valence-electron chi connectivity index (χ1n) is 8.13. The average molecular weight is 311 g/mol. The zero-order valence-electron chi connectivity index (χ0n) is 13.9. The van der Waals surface area contributed by atoms with E-state index < -0.39 is 0 Å². The minimum absolute atomic E-state index is 0.483. The van der Waals surface area contributed by atoms with E-state index >= 15 is 0 Å². The first-order chi connectivity index (χ1) is 10.1. The predicted molar refractivity (Wildman–Crippen MR) is 91.2 cm³/mol. The molecule has 1 aliphatic rings. The van der Waals surface area contributed by atoms with Gasteiger partial charge in [0.2, 0.25) is 0 Å². The number of nitrogens with one attached hydrogen (secondary N) is 1. The highest BCUT2D eigenvalue weighted by Crippen LogP contribution is 2.16. The Hall–Kier alpha value is -0.490. The molecule has 120 valence electrons. The minimum Gasteiger partial charge on any atom is -0.312 e.